The van der Waals surface area contributed by atoms with Gasteiger partial charge in [-0.05, 0) is 42.8 Å². The summed E-state index contributed by atoms with van der Waals surface area (Å²) < 4.78 is 0. The van der Waals surface area contributed by atoms with Gasteiger partial charge in [0.2, 0.25) is 0 Å². The molecule has 1 atom stereocenters. The number of carboxylic acid groups (broad SMARTS) is 1. The van der Waals surface area contributed by atoms with Gasteiger partial charge in [0.1, 0.15) is 0 Å². The van der Waals surface area contributed by atoms with Crippen LogP contribution in [0.4, 0.5) is 5.69 Å². The molecule has 0 saturated carbocycles. The molecule has 0 aromatic heterocycles. The van der Waals surface area contributed by atoms with Gasteiger partial charge in [-0.25, -0.2) is 4.79 Å². The lowest BCUT2D eigenvalue weighted by Gasteiger charge is -2.16. The number of hydrogen-bond acceptors (Lipinski definition) is 2. The summed E-state index contributed by atoms with van der Waals surface area (Å²) in [6.07, 6.45) is 0. The smallest absolute Gasteiger partial charge is 0.335 e. The zero-order valence-corrected chi connectivity index (χ0v) is 12.2. The Morgan fingerprint density at radius 1 is 1.15 bits per heavy atom. The molecule has 2 aromatic rings. The molecule has 0 aliphatic rings. The van der Waals surface area contributed by atoms with Crippen molar-refractivity contribution in [2.45, 2.75) is 13.0 Å². The fraction of sp³-hybridized carbons (Fsp3) is 0.133. The van der Waals surface area contributed by atoms with E-state index < -0.39 is 5.97 Å². The van der Waals surface area contributed by atoms with Gasteiger partial charge in [-0.2, -0.15) is 0 Å². The highest BCUT2D eigenvalue weighted by Gasteiger charge is 2.09. The van der Waals surface area contributed by atoms with Crippen molar-refractivity contribution in [3.63, 3.8) is 0 Å². The van der Waals surface area contributed by atoms with Crippen LogP contribution in [0, 0.1) is 0 Å². The van der Waals surface area contributed by atoms with Crippen LogP contribution < -0.4 is 5.32 Å². The van der Waals surface area contributed by atoms with E-state index in [-0.39, 0.29) is 11.6 Å². The predicted octanol–water partition coefficient (Wildman–Crippen LogP) is 4.86. The minimum Gasteiger partial charge on any atom is -0.478 e. The van der Waals surface area contributed by atoms with E-state index in [1.807, 2.05) is 19.1 Å². The standard InChI is InChI=1S/C15H13Cl2NO2/c1-9(10-5-6-13(16)14(17)8-10)18-12-4-2-3-11(7-12)15(19)20/h2-9,18H,1H3,(H,19,20). The highest BCUT2D eigenvalue weighted by atomic mass is 35.5. The van der Waals surface area contributed by atoms with Crippen molar-refractivity contribution in [1.82, 2.24) is 0 Å². The van der Waals surface area contributed by atoms with E-state index >= 15 is 0 Å². The summed E-state index contributed by atoms with van der Waals surface area (Å²) in [7, 11) is 0. The van der Waals surface area contributed by atoms with Crippen LogP contribution in [0.3, 0.4) is 0 Å². The number of nitrogens with one attached hydrogen (secondary N) is 1. The molecule has 2 N–H and O–H groups in total. The van der Waals surface area contributed by atoms with E-state index in [2.05, 4.69) is 5.32 Å². The summed E-state index contributed by atoms with van der Waals surface area (Å²) in [6.45, 7) is 1.97. The van der Waals surface area contributed by atoms with E-state index in [0.717, 1.165) is 11.3 Å². The first-order valence-electron chi connectivity index (χ1n) is 6.02. The number of halogens is 2. The van der Waals surface area contributed by atoms with Crippen LogP contribution in [0.25, 0.3) is 0 Å². The molecule has 20 heavy (non-hydrogen) atoms. The van der Waals surface area contributed by atoms with E-state index in [1.165, 1.54) is 0 Å². The molecule has 104 valence electrons. The third kappa shape index (κ3) is 3.44. The lowest BCUT2D eigenvalue weighted by atomic mass is 10.1. The second-order valence-electron chi connectivity index (χ2n) is 4.43. The Hall–Kier alpha value is -1.71. The van der Waals surface area contributed by atoms with Crippen molar-refractivity contribution in [3.8, 4) is 0 Å². The topological polar surface area (TPSA) is 49.3 Å². The van der Waals surface area contributed by atoms with Crippen molar-refractivity contribution in [1.29, 1.82) is 0 Å². The summed E-state index contributed by atoms with van der Waals surface area (Å²) in [5, 5.41) is 13.2. The molecule has 0 bridgehead atoms. The number of anilines is 1. The van der Waals surface area contributed by atoms with E-state index in [1.54, 1.807) is 30.3 Å². The Morgan fingerprint density at radius 2 is 1.90 bits per heavy atom. The molecule has 0 aliphatic heterocycles. The largest absolute Gasteiger partial charge is 0.478 e. The van der Waals surface area contributed by atoms with Crippen molar-refractivity contribution in [2.24, 2.45) is 0 Å². The lowest BCUT2D eigenvalue weighted by molar-refractivity contribution is 0.0697. The summed E-state index contributed by atoms with van der Waals surface area (Å²) >= 11 is 11.9. The summed E-state index contributed by atoms with van der Waals surface area (Å²) in [6, 6.07) is 12.1. The number of hydrogen-bond donors (Lipinski definition) is 2. The van der Waals surface area contributed by atoms with E-state index in [0.29, 0.717) is 10.0 Å². The van der Waals surface area contributed by atoms with Gasteiger partial charge in [-0.3, -0.25) is 0 Å². The average molecular weight is 310 g/mol. The molecule has 2 aromatic carbocycles. The van der Waals surface area contributed by atoms with Gasteiger partial charge in [-0.15, -0.1) is 0 Å². The SMILES string of the molecule is CC(Nc1cccc(C(=O)O)c1)c1ccc(Cl)c(Cl)c1. The maximum absolute atomic E-state index is 10.9. The van der Waals surface area contributed by atoms with Gasteiger partial charge >= 0.3 is 5.97 Å². The van der Waals surface area contributed by atoms with Crippen molar-refractivity contribution >= 4 is 34.9 Å². The Kier molecular flexibility index (Phi) is 4.53. The van der Waals surface area contributed by atoms with Gasteiger partial charge < -0.3 is 10.4 Å². The molecule has 2 rings (SSSR count). The number of benzene rings is 2. The number of carbonyl (C=O) groups is 1. The van der Waals surface area contributed by atoms with Gasteiger partial charge in [-0.1, -0.05) is 35.3 Å². The molecule has 0 aliphatic carbocycles. The second kappa shape index (κ2) is 6.16. The minimum atomic E-state index is -0.948. The van der Waals surface area contributed by atoms with Crippen molar-refractivity contribution in [2.75, 3.05) is 5.32 Å². The predicted molar refractivity (Wildman–Crippen MR) is 81.9 cm³/mol. The Morgan fingerprint density at radius 3 is 2.55 bits per heavy atom. The zero-order valence-electron chi connectivity index (χ0n) is 10.7. The number of rotatable bonds is 4. The molecule has 1 unspecified atom stereocenters. The molecule has 0 fully saturated rings. The molecule has 0 amide bonds. The Bertz CT molecular complexity index is 644. The minimum absolute atomic E-state index is 0.0196. The fourth-order valence-electron chi connectivity index (χ4n) is 1.86. The zero-order chi connectivity index (χ0) is 14.7. The van der Waals surface area contributed by atoms with E-state index in [4.69, 9.17) is 28.3 Å². The average Bonchev–Trinajstić information content (AvgIpc) is 2.42. The normalized spacial score (nSPS) is 11.9. The highest BCUT2D eigenvalue weighted by molar-refractivity contribution is 6.42. The first-order valence-corrected chi connectivity index (χ1v) is 6.78. The van der Waals surface area contributed by atoms with Crippen LogP contribution in [-0.4, -0.2) is 11.1 Å². The fourth-order valence-corrected chi connectivity index (χ4v) is 2.16. The summed E-state index contributed by atoms with van der Waals surface area (Å²) in [5.41, 5.74) is 1.96. The third-order valence-corrected chi connectivity index (χ3v) is 3.68. The van der Waals surface area contributed by atoms with Crippen LogP contribution in [0.15, 0.2) is 42.5 Å². The van der Waals surface area contributed by atoms with Gasteiger partial charge in [0.15, 0.2) is 0 Å². The van der Waals surface area contributed by atoms with Gasteiger partial charge in [0.25, 0.3) is 0 Å². The Balaban J connectivity index is 2.18. The summed E-state index contributed by atoms with van der Waals surface area (Å²) in [5.74, 6) is -0.948. The van der Waals surface area contributed by atoms with Crippen LogP contribution in [0.2, 0.25) is 10.0 Å². The molecular formula is C15H13Cl2NO2. The lowest BCUT2D eigenvalue weighted by Crippen LogP contribution is -2.07. The molecule has 0 radical (unpaired) electrons. The molecule has 3 nitrogen and oxygen atoms in total. The second-order valence-corrected chi connectivity index (χ2v) is 5.24. The monoisotopic (exact) mass is 309 g/mol. The quantitative estimate of drug-likeness (QED) is 0.847. The van der Waals surface area contributed by atoms with Crippen LogP contribution >= 0.6 is 23.2 Å². The van der Waals surface area contributed by atoms with Crippen LogP contribution in [0.5, 0.6) is 0 Å². The molecular weight excluding hydrogens is 297 g/mol. The first kappa shape index (κ1) is 14.7. The first-order chi connectivity index (χ1) is 9.47. The molecule has 0 heterocycles. The van der Waals surface area contributed by atoms with Crippen molar-refractivity contribution in [3.05, 3.63) is 63.6 Å². The Labute approximate surface area is 127 Å². The van der Waals surface area contributed by atoms with Gasteiger partial charge in [0.05, 0.1) is 15.6 Å². The van der Waals surface area contributed by atoms with Crippen molar-refractivity contribution < 1.29 is 9.90 Å². The van der Waals surface area contributed by atoms with E-state index in [9.17, 15) is 4.79 Å². The third-order valence-electron chi connectivity index (χ3n) is 2.94. The summed E-state index contributed by atoms with van der Waals surface area (Å²) in [4.78, 5) is 10.9. The molecule has 5 heteroatoms. The van der Waals surface area contributed by atoms with Gasteiger partial charge in [0, 0.05) is 11.7 Å². The van der Waals surface area contributed by atoms with Crippen LogP contribution in [0.1, 0.15) is 28.9 Å². The highest BCUT2D eigenvalue weighted by Crippen LogP contribution is 2.27. The molecule has 0 saturated heterocycles. The van der Waals surface area contributed by atoms with Crippen LogP contribution in [-0.2, 0) is 0 Å². The molecule has 0 spiro atoms. The maximum atomic E-state index is 10.9. The number of aromatic carboxylic acids is 1. The maximum Gasteiger partial charge on any atom is 0.335 e. The number of carboxylic acids is 1.